The summed E-state index contributed by atoms with van der Waals surface area (Å²) in [6, 6.07) is 14.4. The number of likely N-dealkylation sites (tertiary alicyclic amines) is 1. The maximum absolute atomic E-state index is 11.1. The first-order chi connectivity index (χ1) is 16.1. The van der Waals surface area contributed by atoms with Crippen LogP contribution in [0.1, 0.15) is 30.9 Å². The Kier molecular flexibility index (Phi) is 5.85. The quantitative estimate of drug-likeness (QED) is 0.675. The Morgan fingerprint density at radius 1 is 1.12 bits per heavy atom. The molecule has 2 aromatic carbocycles. The van der Waals surface area contributed by atoms with Crippen LogP contribution in [0.4, 0.5) is 5.69 Å². The van der Waals surface area contributed by atoms with Gasteiger partial charge in [0.15, 0.2) is 18.1 Å². The normalized spacial score (nSPS) is 18.8. The van der Waals surface area contributed by atoms with E-state index in [2.05, 4.69) is 39.4 Å². The van der Waals surface area contributed by atoms with Crippen LogP contribution in [0.15, 0.2) is 47.5 Å². The minimum Gasteiger partial charge on any atom is -0.490 e. The highest BCUT2D eigenvalue weighted by molar-refractivity contribution is 6.06. The SMILES string of the molecule is CCOc1cc(CN2CCC3(CC2)Nc2ccccc2C2=NCCN23)ccc1OCC(N)=O. The third kappa shape index (κ3) is 4.23. The Bertz CT molecular complexity index is 1060. The van der Waals surface area contributed by atoms with Gasteiger partial charge in [-0.05, 0) is 36.8 Å². The summed E-state index contributed by atoms with van der Waals surface area (Å²) in [5, 5.41) is 3.87. The molecule has 33 heavy (non-hydrogen) atoms. The first-order valence-electron chi connectivity index (χ1n) is 11.7. The van der Waals surface area contributed by atoms with Crippen molar-refractivity contribution in [1.29, 1.82) is 0 Å². The van der Waals surface area contributed by atoms with Crippen molar-refractivity contribution < 1.29 is 14.3 Å². The second-order valence-corrected chi connectivity index (χ2v) is 8.80. The molecule has 3 aliphatic rings. The van der Waals surface area contributed by atoms with E-state index in [1.54, 1.807) is 0 Å². The van der Waals surface area contributed by atoms with Gasteiger partial charge in [-0.2, -0.15) is 0 Å². The smallest absolute Gasteiger partial charge is 0.255 e. The zero-order valence-corrected chi connectivity index (χ0v) is 19.0. The molecule has 5 rings (SSSR count). The lowest BCUT2D eigenvalue weighted by molar-refractivity contribution is -0.119. The van der Waals surface area contributed by atoms with Gasteiger partial charge in [0.1, 0.15) is 11.5 Å². The number of primary amides is 1. The average molecular weight is 450 g/mol. The number of anilines is 1. The van der Waals surface area contributed by atoms with Crippen LogP contribution < -0.4 is 20.5 Å². The van der Waals surface area contributed by atoms with Gasteiger partial charge < -0.3 is 25.4 Å². The Labute approximate surface area is 194 Å². The van der Waals surface area contributed by atoms with E-state index < -0.39 is 5.91 Å². The number of para-hydroxylation sites is 1. The number of fused-ring (bicyclic) bond motifs is 4. The minimum absolute atomic E-state index is 0.0663. The van der Waals surface area contributed by atoms with E-state index in [0.29, 0.717) is 18.1 Å². The summed E-state index contributed by atoms with van der Waals surface area (Å²) in [5.41, 5.74) is 8.70. The van der Waals surface area contributed by atoms with Crippen LogP contribution in [0.3, 0.4) is 0 Å². The first-order valence-corrected chi connectivity index (χ1v) is 11.7. The lowest BCUT2D eigenvalue weighted by atomic mass is 9.90. The van der Waals surface area contributed by atoms with Gasteiger partial charge in [0, 0.05) is 50.3 Å². The molecule has 8 heteroatoms. The number of nitrogens with one attached hydrogen (secondary N) is 1. The van der Waals surface area contributed by atoms with Crippen LogP contribution in [0.2, 0.25) is 0 Å². The summed E-state index contributed by atoms with van der Waals surface area (Å²) in [6.07, 6.45) is 2.05. The van der Waals surface area contributed by atoms with Crippen molar-refractivity contribution in [3.63, 3.8) is 0 Å². The number of amides is 1. The number of amidine groups is 1. The Hall–Kier alpha value is -3.26. The van der Waals surface area contributed by atoms with Gasteiger partial charge in [-0.15, -0.1) is 0 Å². The fourth-order valence-corrected chi connectivity index (χ4v) is 5.12. The number of hydrogen-bond acceptors (Lipinski definition) is 7. The molecule has 0 unspecified atom stereocenters. The van der Waals surface area contributed by atoms with Crippen molar-refractivity contribution in [1.82, 2.24) is 9.80 Å². The van der Waals surface area contributed by atoms with E-state index in [1.165, 1.54) is 11.3 Å². The molecule has 1 spiro atoms. The molecule has 174 valence electrons. The van der Waals surface area contributed by atoms with Gasteiger partial charge >= 0.3 is 0 Å². The van der Waals surface area contributed by atoms with Crippen molar-refractivity contribution in [3.05, 3.63) is 53.6 Å². The van der Waals surface area contributed by atoms with Gasteiger partial charge in [-0.3, -0.25) is 14.7 Å². The van der Waals surface area contributed by atoms with E-state index >= 15 is 0 Å². The van der Waals surface area contributed by atoms with Crippen LogP contribution in [0.5, 0.6) is 11.5 Å². The van der Waals surface area contributed by atoms with Crippen molar-refractivity contribution in [2.24, 2.45) is 10.7 Å². The van der Waals surface area contributed by atoms with E-state index in [4.69, 9.17) is 20.2 Å². The van der Waals surface area contributed by atoms with Crippen LogP contribution >= 0.6 is 0 Å². The maximum atomic E-state index is 11.1. The molecule has 0 radical (unpaired) electrons. The highest BCUT2D eigenvalue weighted by atomic mass is 16.5. The first kappa shape index (κ1) is 21.6. The third-order valence-electron chi connectivity index (χ3n) is 6.66. The molecule has 1 fully saturated rings. The van der Waals surface area contributed by atoms with Gasteiger partial charge in [0.25, 0.3) is 5.91 Å². The molecule has 8 nitrogen and oxygen atoms in total. The van der Waals surface area contributed by atoms with Crippen LogP contribution in [0, 0.1) is 0 Å². The van der Waals surface area contributed by atoms with Crippen molar-refractivity contribution in [2.75, 3.05) is 44.7 Å². The molecule has 0 aliphatic carbocycles. The molecule has 3 N–H and O–H groups in total. The molecule has 3 heterocycles. The van der Waals surface area contributed by atoms with Crippen molar-refractivity contribution in [3.8, 4) is 11.5 Å². The Morgan fingerprint density at radius 3 is 2.73 bits per heavy atom. The zero-order chi connectivity index (χ0) is 22.8. The highest BCUT2D eigenvalue weighted by Gasteiger charge is 2.46. The number of nitrogens with two attached hydrogens (primary N) is 1. The Morgan fingerprint density at radius 2 is 1.94 bits per heavy atom. The molecule has 0 atom stereocenters. The number of rotatable bonds is 7. The lowest BCUT2D eigenvalue weighted by Crippen LogP contribution is -2.63. The molecular formula is C25H31N5O3. The van der Waals surface area contributed by atoms with Crippen LogP contribution in [-0.4, -0.2) is 66.6 Å². The van der Waals surface area contributed by atoms with E-state index in [1.807, 2.05) is 25.1 Å². The summed E-state index contributed by atoms with van der Waals surface area (Å²) < 4.78 is 11.2. The number of hydrogen-bond donors (Lipinski definition) is 2. The summed E-state index contributed by atoms with van der Waals surface area (Å²) in [5.74, 6) is 1.83. The van der Waals surface area contributed by atoms with Gasteiger partial charge in [-0.1, -0.05) is 18.2 Å². The zero-order valence-electron chi connectivity index (χ0n) is 19.0. The fourth-order valence-electron chi connectivity index (χ4n) is 5.12. The molecule has 0 aromatic heterocycles. The summed E-state index contributed by atoms with van der Waals surface area (Å²) in [4.78, 5) is 20.9. The second kappa shape index (κ2) is 8.94. The number of nitrogens with zero attached hydrogens (tertiary/aromatic N) is 3. The average Bonchev–Trinajstić information content (AvgIpc) is 3.32. The van der Waals surface area contributed by atoms with Crippen molar-refractivity contribution in [2.45, 2.75) is 32.0 Å². The molecular weight excluding hydrogens is 418 g/mol. The van der Waals surface area contributed by atoms with E-state index in [0.717, 1.165) is 57.0 Å². The fraction of sp³-hybridized carbons (Fsp3) is 0.440. The number of carbonyl (C=O) groups excluding carboxylic acids is 1. The maximum Gasteiger partial charge on any atom is 0.255 e. The monoisotopic (exact) mass is 449 g/mol. The summed E-state index contributed by atoms with van der Waals surface area (Å²) in [6.45, 7) is 6.94. The highest BCUT2D eigenvalue weighted by Crippen LogP contribution is 2.39. The summed E-state index contributed by atoms with van der Waals surface area (Å²) >= 11 is 0. The predicted octanol–water partition coefficient (Wildman–Crippen LogP) is 2.43. The molecule has 2 aromatic rings. The summed E-state index contributed by atoms with van der Waals surface area (Å²) in [7, 11) is 0. The Balaban J connectivity index is 1.27. The lowest BCUT2D eigenvalue weighted by Gasteiger charge is -2.52. The van der Waals surface area contributed by atoms with E-state index in [-0.39, 0.29) is 12.3 Å². The third-order valence-corrected chi connectivity index (χ3v) is 6.66. The van der Waals surface area contributed by atoms with Crippen LogP contribution in [0.25, 0.3) is 0 Å². The molecule has 1 saturated heterocycles. The number of carbonyl (C=O) groups is 1. The molecule has 0 bridgehead atoms. The predicted molar refractivity (Wildman–Crippen MR) is 128 cm³/mol. The van der Waals surface area contributed by atoms with Gasteiger partial charge in [-0.25, -0.2) is 0 Å². The largest absolute Gasteiger partial charge is 0.490 e. The van der Waals surface area contributed by atoms with Gasteiger partial charge in [0.05, 0.1) is 13.2 Å². The topological polar surface area (TPSA) is 92.4 Å². The number of ether oxygens (including phenoxy) is 2. The van der Waals surface area contributed by atoms with Gasteiger partial charge in [0.2, 0.25) is 0 Å². The standard InChI is InChI=1S/C25H31N5O3/c1-2-32-22-15-18(7-8-21(22)33-17-23(26)31)16-29-12-9-25(10-13-29)28-20-6-4-3-5-19(20)24-27-11-14-30(24)25/h3-8,15,28H,2,9-14,16-17H2,1H3,(H2,26,31). The number of piperidine rings is 1. The van der Waals surface area contributed by atoms with Crippen molar-refractivity contribution >= 4 is 17.4 Å². The minimum atomic E-state index is -0.506. The molecule has 3 aliphatic heterocycles. The van der Waals surface area contributed by atoms with Crippen LogP contribution in [-0.2, 0) is 11.3 Å². The van der Waals surface area contributed by atoms with E-state index in [9.17, 15) is 4.79 Å². The molecule has 0 saturated carbocycles. The second-order valence-electron chi connectivity index (χ2n) is 8.80. The number of benzene rings is 2. The number of aliphatic imine (C=N–C) groups is 1. The molecule has 1 amide bonds.